The van der Waals surface area contributed by atoms with Crippen molar-refractivity contribution < 1.29 is 13.2 Å². The molecule has 6 heteroatoms. The zero-order chi connectivity index (χ0) is 16.2. The number of carbonyl (C=O) groups excluding carboxylic acids is 1. The van der Waals surface area contributed by atoms with Crippen LogP contribution >= 0.6 is 0 Å². The minimum Gasteiger partial charge on any atom is -0.337 e. The van der Waals surface area contributed by atoms with E-state index >= 15 is 0 Å². The van der Waals surface area contributed by atoms with Crippen LogP contribution in [0.2, 0.25) is 0 Å². The molecule has 2 aromatic rings. The van der Waals surface area contributed by atoms with Gasteiger partial charge < -0.3 is 4.90 Å². The molecule has 0 bridgehead atoms. The second-order valence-electron chi connectivity index (χ2n) is 4.88. The van der Waals surface area contributed by atoms with Gasteiger partial charge in [-0.15, -0.1) is 0 Å². The Bertz CT molecular complexity index is 741. The Morgan fingerprint density at radius 2 is 1.64 bits per heavy atom. The lowest BCUT2D eigenvalue weighted by atomic mass is 10.1. The molecule has 116 valence electrons. The molecule has 0 heterocycles. The highest BCUT2D eigenvalue weighted by Gasteiger charge is 2.15. The lowest BCUT2D eigenvalue weighted by molar-refractivity contribution is 0.0785. The summed E-state index contributed by atoms with van der Waals surface area (Å²) in [5.41, 5.74) is 1.49. The van der Waals surface area contributed by atoms with Gasteiger partial charge in [0.25, 0.3) is 5.91 Å². The molecular weight excluding hydrogens is 300 g/mol. The number of hydrogen-bond acceptors (Lipinski definition) is 3. The maximum absolute atomic E-state index is 12.3. The predicted molar refractivity (Wildman–Crippen MR) is 84.9 cm³/mol. The van der Waals surface area contributed by atoms with Gasteiger partial charge >= 0.3 is 0 Å². The number of carbonyl (C=O) groups is 1. The first-order valence-corrected chi connectivity index (χ1v) is 8.25. The first-order chi connectivity index (χ1) is 10.4. The summed E-state index contributed by atoms with van der Waals surface area (Å²) in [5, 5.41) is 0. The van der Waals surface area contributed by atoms with E-state index in [1.807, 2.05) is 30.3 Å². The largest absolute Gasteiger partial charge is 0.337 e. The summed E-state index contributed by atoms with van der Waals surface area (Å²) in [4.78, 5) is 14.1. The molecule has 0 radical (unpaired) electrons. The quantitative estimate of drug-likeness (QED) is 0.915. The average Bonchev–Trinajstić information content (AvgIpc) is 2.55. The van der Waals surface area contributed by atoms with E-state index < -0.39 is 10.0 Å². The molecule has 0 saturated carbocycles. The van der Waals surface area contributed by atoms with E-state index in [-0.39, 0.29) is 10.8 Å². The number of rotatable bonds is 5. The molecule has 0 saturated heterocycles. The van der Waals surface area contributed by atoms with Crippen molar-refractivity contribution >= 4 is 15.9 Å². The van der Waals surface area contributed by atoms with Crippen LogP contribution in [0.4, 0.5) is 0 Å². The number of benzene rings is 2. The van der Waals surface area contributed by atoms with Gasteiger partial charge in [0.1, 0.15) is 0 Å². The van der Waals surface area contributed by atoms with E-state index in [0.29, 0.717) is 12.1 Å². The number of nitrogens with one attached hydrogen (secondary N) is 1. The van der Waals surface area contributed by atoms with Gasteiger partial charge in [-0.1, -0.05) is 30.3 Å². The molecule has 1 amide bonds. The molecule has 0 spiro atoms. The molecular formula is C16H18N2O3S. The smallest absolute Gasteiger partial charge is 0.253 e. The highest BCUT2D eigenvalue weighted by atomic mass is 32.2. The van der Waals surface area contributed by atoms with E-state index in [2.05, 4.69) is 4.72 Å². The third kappa shape index (κ3) is 3.72. The SMILES string of the molecule is CNS(=O)(=O)c1ccc(C(=O)N(C)Cc2ccccc2)cc1. The second-order valence-corrected chi connectivity index (χ2v) is 6.77. The van der Waals surface area contributed by atoms with Gasteiger partial charge in [0.15, 0.2) is 0 Å². The molecule has 2 rings (SSSR count). The number of nitrogens with zero attached hydrogens (tertiary/aromatic N) is 1. The number of hydrogen-bond donors (Lipinski definition) is 1. The molecule has 1 N–H and O–H groups in total. The Balaban J connectivity index is 2.13. The molecule has 22 heavy (non-hydrogen) atoms. The maximum atomic E-state index is 12.3. The van der Waals surface area contributed by atoms with Crippen molar-refractivity contribution in [3.63, 3.8) is 0 Å². The van der Waals surface area contributed by atoms with Crippen LogP contribution in [0.25, 0.3) is 0 Å². The summed E-state index contributed by atoms with van der Waals surface area (Å²) in [6.07, 6.45) is 0. The third-order valence-corrected chi connectivity index (χ3v) is 4.72. The molecule has 0 unspecified atom stereocenters. The average molecular weight is 318 g/mol. The van der Waals surface area contributed by atoms with E-state index in [9.17, 15) is 13.2 Å². The summed E-state index contributed by atoms with van der Waals surface area (Å²) < 4.78 is 25.5. The zero-order valence-corrected chi connectivity index (χ0v) is 13.3. The van der Waals surface area contributed by atoms with Crippen LogP contribution in [0.3, 0.4) is 0 Å². The van der Waals surface area contributed by atoms with Crippen molar-refractivity contribution in [1.29, 1.82) is 0 Å². The van der Waals surface area contributed by atoms with Crippen LogP contribution in [0.15, 0.2) is 59.5 Å². The standard InChI is InChI=1S/C16H18N2O3S/c1-17-22(20,21)15-10-8-14(9-11-15)16(19)18(2)12-13-6-4-3-5-7-13/h3-11,17H,12H2,1-2H3. The molecule has 2 aromatic carbocycles. The Morgan fingerprint density at radius 3 is 2.18 bits per heavy atom. The van der Waals surface area contributed by atoms with E-state index in [0.717, 1.165) is 5.56 Å². The fraction of sp³-hybridized carbons (Fsp3) is 0.188. The Hall–Kier alpha value is -2.18. The summed E-state index contributed by atoms with van der Waals surface area (Å²) in [6.45, 7) is 0.496. The van der Waals surface area contributed by atoms with Crippen molar-refractivity contribution in [2.75, 3.05) is 14.1 Å². The van der Waals surface area contributed by atoms with Crippen LogP contribution in [-0.2, 0) is 16.6 Å². The Kier molecular flexibility index (Phi) is 4.95. The minimum absolute atomic E-state index is 0.136. The molecule has 0 aliphatic carbocycles. The van der Waals surface area contributed by atoms with Crippen LogP contribution < -0.4 is 4.72 Å². The Morgan fingerprint density at radius 1 is 1.05 bits per heavy atom. The fourth-order valence-electron chi connectivity index (χ4n) is 2.04. The van der Waals surface area contributed by atoms with Gasteiger partial charge in [-0.05, 0) is 36.9 Å². The van der Waals surface area contributed by atoms with Gasteiger partial charge in [-0.3, -0.25) is 4.79 Å². The van der Waals surface area contributed by atoms with Crippen LogP contribution in [0.5, 0.6) is 0 Å². The van der Waals surface area contributed by atoms with Crippen molar-refractivity contribution in [2.45, 2.75) is 11.4 Å². The maximum Gasteiger partial charge on any atom is 0.253 e. The highest BCUT2D eigenvalue weighted by molar-refractivity contribution is 7.89. The lowest BCUT2D eigenvalue weighted by Crippen LogP contribution is -2.26. The highest BCUT2D eigenvalue weighted by Crippen LogP contribution is 2.13. The van der Waals surface area contributed by atoms with Gasteiger partial charge in [0, 0.05) is 19.2 Å². The second kappa shape index (κ2) is 6.72. The first kappa shape index (κ1) is 16.2. The van der Waals surface area contributed by atoms with Crippen molar-refractivity contribution in [1.82, 2.24) is 9.62 Å². The Labute approximate surface area is 130 Å². The minimum atomic E-state index is -3.48. The van der Waals surface area contributed by atoms with Gasteiger partial charge in [-0.25, -0.2) is 13.1 Å². The fourth-order valence-corrected chi connectivity index (χ4v) is 2.77. The van der Waals surface area contributed by atoms with Crippen LogP contribution in [-0.4, -0.2) is 33.3 Å². The molecule has 0 aliphatic rings. The van der Waals surface area contributed by atoms with Crippen molar-refractivity contribution in [3.8, 4) is 0 Å². The zero-order valence-electron chi connectivity index (χ0n) is 12.5. The molecule has 0 fully saturated rings. The molecule has 0 aliphatic heterocycles. The van der Waals surface area contributed by atoms with Crippen LogP contribution in [0.1, 0.15) is 15.9 Å². The van der Waals surface area contributed by atoms with Crippen molar-refractivity contribution in [2.24, 2.45) is 0 Å². The van der Waals surface area contributed by atoms with Gasteiger partial charge in [-0.2, -0.15) is 0 Å². The molecule has 5 nitrogen and oxygen atoms in total. The summed E-state index contributed by atoms with van der Waals surface area (Å²) in [6, 6.07) is 15.6. The van der Waals surface area contributed by atoms with E-state index in [4.69, 9.17) is 0 Å². The summed E-state index contributed by atoms with van der Waals surface area (Å²) >= 11 is 0. The lowest BCUT2D eigenvalue weighted by Gasteiger charge is -2.17. The summed E-state index contributed by atoms with van der Waals surface area (Å²) in [7, 11) is -0.419. The number of amides is 1. The van der Waals surface area contributed by atoms with Crippen LogP contribution in [0, 0.1) is 0 Å². The van der Waals surface area contributed by atoms with Gasteiger partial charge in [0.05, 0.1) is 4.90 Å². The molecule has 0 aromatic heterocycles. The number of sulfonamides is 1. The van der Waals surface area contributed by atoms with E-state index in [1.54, 1.807) is 11.9 Å². The predicted octanol–water partition coefficient (Wildman–Crippen LogP) is 1.87. The molecule has 0 atom stereocenters. The topological polar surface area (TPSA) is 66.5 Å². The first-order valence-electron chi connectivity index (χ1n) is 6.77. The van der Waals surface area contributed by atoms with E-state index in [1.165, 1.54) is 31.3 Å². The monoisotopic (exact) mass is 318 g/mol. The summed E-state index contributed by atoms with van der Waals surface area (Å²) in [5.74, 6) is -0.155. The normalized spacial score (nSPS) is 11.2. The third-order valence-electron chi connectivity index (χ3n) is 3.29. The van der Waals surface area contributed by atoms with Gasteiger partial charge in [0.2, 0.25) is 10.0 Å². The van der Waals surface area contributed by atoms with Crippen molar-refractivity contribution in [3.05, 3.63) is 65.7 Å².